The average molecular weight is 391 g/mol. The number of H-pyrrole nitrogens is 1. The molecule has 0 spiro atoms. The second kappa shape index (κ2) is 8.39. The fourth-order valence-electron chi connectivity index (χ4n) is 3.75. The van der Waals surface area contributed by atoms with Gasteiger partial charge in [-0.2, -0.15) is 0 Å². The largest absolute Gasteiger partial charge is 0.497 e. The molecule has 0 bridgehead atoms. The Balaban J connectivity index is 1.39. The van der Waals surface area contributed by atoms with E-state index >= 15 is 0 Å². The number of aromatic amines is 1. The number of nitrogens with one attached hydrogen (secondary N) is 2. The van der Waals surface area contributed by atoms with Crippen LogP contribution in [-0.2, 0) is 11.2 Å². The first kappa shape index (κ1) is 19.1. The fraction of sp³-hybridized carbons (Fsp3) is 0.304. The Morgan fingerprint density at radius 2 is 1.86 bits per heavy atom. The van der Waals surface area contributed by atoms with Crippen molar-refractivity contribution in [2.75, 3.05) is 30.4 Å². The minimum absolute atomic E-state index is 0.107. The first-order valence-electron chi connectivity index (χ1n) is 9.97. The number of anilines is 2. The molecule has 1 aliphatic heterocycles. The minimum Gasteiger partial charge on any atom is -0.497 e. The molecule has 3 aromatic rings. The van der Waals surface area contributed by atoms with Crippen LogP contribution in [0.2, 0.25) is 0 Å². The molecule has 1 fully saturated rings. The number of nitrogens with zero attached hydrogens (tertiary/aromatic N) is 1. The maximum absolute atomic E-state index is 12.3. The van der Waals surface area contributed by atoms with Crippen molar-refractivity contribution in [3.05, 3.63) is 64.4 Å². The Morgan fingerprint density at radius 1 is 1.10 bits per heavy atom. The molecule has 0 aliphatic carbocycles. The van der Waals surface area contributed by atoms with Gasteiger partial charge in [-0.3, -0.25) is 9.59 Å². The third-order valence-electron chi connectivity index (χ3n) is 5.37. The molecular weight excluding hydrogens is 366 g/mol. The number of benzene rings is 2. The SMILES string of the molecule is COc1ccc2[nH]c(=O)c(CCC(=O)Nc3ccc(N4CCCC4)cc3)cc2c1. The average Bonchev–Trinajstić information content (AvgIpc) is 3.27. The molecule has 1 aliphatic rings. The van der Waals surface area contributed by atoms with Crippen molar-refractivity contribution in [2.24, 2.45) is 0 Å². The van der Waals surface area contributed by atoms with Gasteiger partial charge in [0.15, 0.2) is 0 Å². The highest BCUT2D eigenvalue weighted by atomic mass is 16.5. The van der Waals surface area contributed by atoms with Crippen LogP contribution in [0.5, 0.6) is 5.75 Å². The van der Waals surface area contributed by atoms with Crippen LogP contribution in [0.25, 0.3) is 10.9 Å². The zero-order valence-electron chi connectivity index (χ0n) is 16.5. The maximum Gasteiger partial charge on any atom is 0.251 e. The Morgan fingerprint density at radius 3 is 2.59 bits per heavy atom. The molecule has 1 amide bonds. The molecule has 6 heteroatoms. The summed E-state index contributed by atoms with van der Waals surface area (Å²) < 4.78 is 5.24. The Kier molecular flexibility index (Phi) is 5.51. The molecule has 0 radical (unpaired) electrons. The smallest absolute Gasteiger partial charge is 0.251 e. The summed E-state index contributed by atoms with van der Waals surface area (Å²) in [6, 6.07) is 15.3. The van der Waals surface area contributed by atoms with Gasteiger partial charge in [0.25, 0.3) is 5.56 Å². The van der Waals surface area contributed by atoms with E-state index in [1.165, 1.54) is 18.5 Å². The highest BCUT2D eigenvalue weighted by Crippen LogP contribution is 2.22. The zero-order chi connectivity index (χ0) is 20.2. The van der Waals surface area contributed by atoms with Crippen LogP contribution in [0, 0.1) is 0 Å². The molecule has 1 saturated heterocycles. The van der Waals surface area contributed by atoms with Gasteiger partial charge < -0.3 is 19.9 Å². The van der Waals surface area contributed by atoms with E-state index in [0.717, 1.165) is 35.4 Å². The lowest BCUT2D eigenvalue weighted by atomic mass is 10.1. The molecule has 1 aromatic heterocycles. The number of rotatable bonds is 6. The number of methoxy groups -OCH3 is 1. The number of carbonyl (C=O) groups excluding carboxylic acids is 1. The monoisotopic (exact) mass is 391 g/mol. The van der Waals surface area contributed by atoms with E-state index in [0.29, 0.717) is 12.0 Å². The number of carbonyl (C=O) groups is 1. The van der Waals surface area contributed by atoms with Gasteiger partial charge in [0.2, 0.25) is 5.91 Å². The van der Waals surface area contributed by atoms with E-state index in [4.69, 9.17) is 4.74 Å². The summed E-state index contributed by atoms with van der Waals surface area (Å²) in [5.41, 5.74) is 3.14. The van der Waals surface area contributed by atoms with Gasteiger partial charge in [-0.25, -0.2) is 0 Å². The summed E-state index contributed by atoms with van der Waals surface area (Å²) in [5, 5.41) is 3.80. The molecular formula is C23H25N3O3. The predicted octanol–water partition coefficient (Wildman–Crippen LogP) is 3.71. The molecule has 2 N–H and O–H groups in total. The molecule has 2 aromatic carbocycles. The topological polar surface area (TPSA) is 74.4 Å². The molecule has 6 nitrogen and oxygen atoms in total. The first-order valence-corrected chi connectivity index (χ1v) is 9.97. The number of fused-ring (bicyclic) bond motifs is 1. The van der Waals surface area contributed by atoms with E-state index in [1.807, 2.05) is 42.5 Å². The predicted molar refractivity (Wildman–Crippen MR) is 116 cm³/mol. The standard InChI is InChI=1S/C23H25N3O3/c1-29-20-9-10-21-17(15-20)14-16(23(28)25-21)4-11-22(27)24-18-5-7-19(8-6-18)26-12-2-3-13-26/h5-10,14-15H,2-4,11-13H2,1H3,(H,24,27)(H,25,28). The number of hydrogen-bond acceptors (Lipinski definition) is 4. The van der Waals surface area contributed by atoms with Gasteiger partial charge in [-0.15, -0.1) is 0 Å². The van der Waals surface area contributed by atoms with Crippen LogP contribution in [0.4, 0.5) is 11.4 Å². The lowest BCUT2D eigenvalue weighted by molar-refractivity contribution is -0.116. The van der Waals surface area contributed by atoms with Crippen LogP contribution in [0.15, 0.2) is 53.3 Å². The summed E-state index contributed by atoms with van der Waals surface area (Å²) in [4.78, 5) is 29.9. The van der Waals surface area contributed by atoms with E-state index in [9.17, 15) is 9.59 Å². The van der Waals surface area contributed by atoms with E-state index < -0.39 is 0 Å². The highest BCUT2D eigenvalue weighted by molar-refractivity contribution is 5.91. The quantitative estimate of drug-likeness (QED) is 0.672. The summed E-state index contributed by atoms with van der Waals surface area (Å²) in [7, 11) is 1.61. The normalized spacial score (nSPS) is 13.6. The lowest BCUT2D eigenvalue weighted by Gasteiger charge is -2.17. The Hall–Kier alpha value is -3.28. The van der Waals surface area contributed by atoms with Crippen molar-refractivity contribution in [1.29, 1.82) is 0 Å². The van der Waals surface area contributed by atoms with Crippen molar-refractivity contribution in [3.8, 4) is 5.75 Å². The number of aromatic nitrogens is 1. The zero-order valence-corrected chi connectivity index (χ0v) is 16.5. The summed E-state index contributed by atoms with van der Waals surface area (Å²) in [6.07, 6.45) is 3.09. The van der Waals surface area contributed by atoms with Crippen molar-refractivity contribution in [3.63, 3.8) is 0 Å². The number of aryl methyl sites for hydroxylation is 1. The second-order valence-electron chi connectivity index (χ2n) is 7.37. The number of hydrogen-bond donors (Lipinski definition) is 2. The van der Waals surface area contributed by atoms with Crippen LogP contribution in [0.1, 0.15) is 24.8 Å². The summed E-state index contributed by atoms with van der Waals surface area (Å²) in [5.74, 6) is 0.620. The van der Waals surface area contributed by atoms with Crippen LogP contribution >= 0.6 is 0 Å². The van der Waals surface area contributed by atoms with Crippen molar-refractivity contribution >= 4 is 28.2 Å². The van der Waals surface area contributed by atoms with Crippen LogP contribution in [0.3, 0.4) is 0 Å². The van der Waals surface area contributed by atoms with Gasteiger partial charge in [-0.05, 0) is 67.8 Å². The summed E-state index contributed by atoms with van der Waals surface area (Å²) in [6.45, 7) is 2.19. The third-order valence-corrected chi connectivity index (χ3v) is 5.37. The third kappa shape index (κ3) is 4.42. The van der Waals surface area contributed by atoms with Gasteiger partial charge in [0.1, 0.15) is 5.75 Å². The molecule has 0 atom stereocenters. The molecule has 2 heterocycles. The van der Waals surface area contributed by atoms with Gasteiger partial charge in [-0.1, -0.05) is 0 Å². The molecule has 150 valence electrons. The van der Waals surface area contributed by atoms with Crippen LogP contribution in [-0.4, -0.2) is 31.1 Å². The molecule has 0 saturated carbocycles. The second-order valence-corrected chi connectivity index (χ2v) is 7.37. The number of pyridine rings is 1. The fourth-order valence-corrected chi connectivity index (χ4v) is 3.75. The first-order chi connectivity index (χ1) is 14.1. The Labute approximate surface area is 169 Å². The van der Waals surface area contributed by atoms with E-state index in [2.05, 4.69) is 15.2 Å². The minimum atomic E-state index is -0.162. The van der Waals surface area contributed by atoms with Gasteiger partial charge >= 0.3 is 0 Å². The number of amides is 1. The van der Waals surface area contributed by atoms with Gasteiger partial charge in [0.05, 0.1) is 7.11 Å². The van der Waals surface area contributed by atoms with Gasteiger partial charge in [0, 0.05) is 47.4 Å². The van der Waals surface area contributed by atoms with E-state index in [-0.39, 0.29) is 17.9 Å². The molecule has 29 heavy (non-hydrogen) atoms. The maximum atomic E-state index is 12.3. The lowest BCUT2D eigenvalue weighted by Crippen LogP contribution is -2.18. The van der Waals surface area contributed by atoms with E-state index in [1.54, 1.807) is 13.2 Å². The summed E-state index contributed by atoms with van der Waals surface area (Å²) >= 11 is 0. The number of ether oxygens (including phenoxy) is 1. The van der Waals surface area contributed by atoms with Crippen molar-refractivity contribution < 1.29 is 9.53 Å². The van der Waals surface area contributed by atoms with Crippen molar-refractivity contribution in [2.45, 2.75) is 25.7 Å². The molecule has 0 unspecified atom stereocenters. The van der Waals surface area contributed by atoms with Crippen molar-refractivity contribution in [1.82, 2.24) is 4.98 Å². The Bertz CT molecular complexity index is 1070. The highest BCUT2D eigenvalue weighted by Gasteiger charge is 2.12. The van der Waals surface area contributed by atoms with Crippen LogP contribution < -0.4 is 20.5 Å². The molecule has 4 rings (SSSR count).